The summed E-state index contributed by atoms with van der Waals surface area (Å²) in [4.78, 5) is 16.5. The number of nitrogens with one attached hydrogen (secondary N) is 1. The standard InChI is InChI=1S/C18H23N3O2/c22-12-15-4-2-1-3-5-17(15)20-18(23)14-6-8-16(9-7-14)21-11-10-19-13-21/h6-11,13,15,17,22H,1-5,12H2,(H,20,23). The molecule has 1 amide bonds. The van der Waals surface area contributed by atoms with Crippen LogP contribution in [0.5, 0.6) is 0 Å². The Morgan fingerprint density at radius 3 is 2.70 bits per heavy atom. The summed E-state index contributed by atoms with van der Waals surface area (Å²) in [7, 11) is 0. The molecule has 1 aromatic carbocycles. The molecule has 1 aliphatic rings. The smallest absolute Gasteiger partial charge is 0.251 e. The Labute approximate surface area is 136 Å². The van der Waals surface area contributed by atoms with Gasteiger partial charge in [0, 0.05) is 42.2 Å². The molecule has 1 fully saturated rings. The molecule has 5 heteroatoms. The lowest BCUT2D eigenvalue weighted by atomic mass is 9.95. The van der Waals surface area contributed by atoms with Crippen molar-refractivity contribution in [1.29, 1.82) is 0 Å². The lowest BCUT2D eigenvalue weighted by molar-refractivity contribution is 0.0899. The van der Waals surface area contributed by atoms with E-state index in [0.717, 1.165) is 31.4 Å². The van der Waals surface area contributed by atoms with Gasteiger partial charge in [-0.3, -0.25) is 4.79 Å². The van der Waals surface area contributed by atoms with E-state index < -0.39 is 0 Å². The normalized spacial score (nSPS) is 21.6. The molecule has 3 rings (SSSR count). The minimum atomic E-state index is -0.0625. The second-order valence-electron chi connectivity index (χ2n) is 6.18. The summed E-state index contributed by atoms with van der Waals surface area (Å²) >= 11 is 0. The quantitative estimate of drug-likeness (QED) is 0.852. The fourth-order valence-electron chi connectivity index (χ4n) is 3.24. The Kier molecular flexibility index (Phi) is 5.08. The van der Waals surface area contributed by atoms with Crippen LogP contribution in [0.1, 0.15) is 42.5 Å². The summed E-state index contributed by atoms with van der Waals surface area (Å²) in [5.41, 5.74) is 1.62. The first-order valence-electron chi connectivity index (χ1n) is 8.28. The van der Waals surface area contributed by atoms with E-state index in [9.17, 15) is 9.90 Å². The maximum atomic E-state index is 12.5. The Hall–Kier alpha value is -2.14. The second-order valence-corrected chi connectivity index (χ2v) is 6.18. The van der Waals surface area contributed by atoms with E-state index in [0.29, 0.717) is 5.56 Å². The third kappa shape index (κ3) is 3.79. The van der Waals surface area contributed by atoms with Crippen LogP contribution in [0.3, 0.4) is 0 Å². The number of aromatic nitrogens is 2. The van der Waals surface area contributed by atoms with Gasteiger partial charge in [0.05, 0.1) is 6.33 Å². The van der Waals surface area contributed by atoms with Crippen molar-refractivity contribution in [3.63, 3.8) is 0 Å². The first-order valence-corrected chi connectivity index (χ1v) is 8.28. The summed E-state index contributed by atoms with van der Waals surface area (Å²) in [5, 5.41) is 12.7. The van der Waals surface area contributed by atoms with Crippen LogP contribution in [0.4, 0.5) is 0 Å². The van der Waals surface area contributed by atoms with Crippen molar-refractivity contribution < 1.29 is 9.90 Å². The van der Waals surface area contributed by atoms with Crippen LogP contribution in [0, 0.1) is 5.92 Å². The Morgan fingerprint density at radius 1 is 1.22 bits per heavy atom. The molecule has 0 bridgehead atoms. The topological polar surface area (TPSA) is 67.2 Å². The summed E-state index contributed by atoms with van der Waals surface area (Å²) in [5.74, 6) is 0.110. The van der Waals surface area contributed by atoms with E-state index in [-0.39, 0.29) is 24.5 Å². The van der Waals surface area contributed by atoms with Gasteiger partial charge in [-0.15, -0.1) is 0 Å². The molecule has 0 aliphatic heterocycles. The number of carbonyl (C=O) groups is 1. The number of hydrogen-bond donors (Lipinski definition) is 2. The molecule has 1 aromatic heterocycles. The number of amides is 1. The number of hydrogen-bond acceptors (Lipinski definition) is 3. The number of nitrogens with zero attached hydrogens (tertiary/aromatic N) is 2. The summed E-state index contributed by atoms with van der Waals surface area (Å²) in [6.45, 7) is 0.143. The molecule has 2 unspecified atom stereocenters. The lowest BCUT2D eigenvalue weighted by Crippen LogP contribution is -2.41. The van der Waals surface area contributed by atoms with E-state index in [1.807, 2.05) is 35.0 Å². The van der Waals surface area contributed by atoms with E-state index in [2.05, 4.69) is 10.3 Å². The van der Waals surface area contributed by atoms with Gasteiger partial charge in [-0.25, -0.2) is 4.98 Å². The van der Waals surface area contributed by atoms with Crippen molar-refractivity contribution >= 4 is 5.91 Å². The number of carbonyl (C=O) groups excluding carboxylic acids is 1. The van der Waals surface area contributed by atoms with Crippen LogP contribution in [0.2, 0.25) is 0 Å². The molecule has 1 saturated carbocycles. The van der Waals surface area contributed by atoms with Crippen LogP contribution in [-0.4, -0.2) is 33.2 Å². The predicted octanol–water partition coefficient (Wildman–Crippen LogP) is 2.54. The first-order chi connectivity index (χ1) is 11.3. The Morgan fingerprint density at radius 2 is 2.00 bits per heavy atom. The van der Waals surface area contributed by atoms with Crippen LogP contribution < -0.4 is 5.32 Å². The van der Waals surface area contributed by atoms with Gasteiger partial charge in [0.2, 0.25) is 0 Å². The summed E-state index contributed by atoms with van der Waals surface area (Å²) < 4.78 is 1.90. The van der Waals surface area contributed by atoms with Crippen molar-refractivity contribution in [2.24, 2.45) is 5.92 Å². The highest BCUT2D eigenvalue weighted by Gasteiger charge is 2.24. The summed E-state index contributed by atoms with van der Waals surface area (Å²) in [6, 6.07) is 7.55. The van der Waals surface area contributed by atoms with E-state index in [4.69, 9.17) is 0 Å². The number of benzene rings is 1. The average molecular weight is 313 g/mol. The molecule has 2 N–H and O–H groups in total. The van der Waals surface area contributed by atoms with Gasteiger partial charge in [0.25, 0.3) is 5.91 Å². The largest absolute Gasteiger partial charge is 0.396 e. The van der Waals surface area contributed by atoms with E-state index in [1.165, 1.54) is 6.42 Å². The van der Waals surface area contributed by atoms with Gasteiger partial charge >= 0.3 is 0 Å². The second kappa shape index (κ2) is 7.42. The molecule has 122 valence electrons. The fourth-order valence-corrected chi connectivity index (χ4v) is 3.24. The van der Waals surface area contributed by atoms with Crippen molar-refractivity contribution in [2.45, 2.75) is 38.1 Å². The third-order valence-electron chi connectivity index (χ3n) is 4.64. The molecule has 2 atom stereocenters. The molecule has 2 aromatic rings. The molecule has 1 heterocycles. The van der Waals surface area contributed by atoms with Gasteiger partial charge in [-0.2, -0.15) is 0 Å². The zero-order valence-electron chi connectivity index (χ0n) is 13.2. The molecule has 5 nitrogen and oxygen atoms in total. The molecule has 0 saturated heterocycles. The van der Waals surface area contributed by atoms with Crippen molar-refractivity contribution in [2.75, 3.05) is 6.61 Å². The van der Waals surface area contributed by atoms with Crippen LogP contribution >= 0.6 is 0 Å². The minimum Gasteiger partial charge on any atom is -0.396 e. The number of aliphatic hydroxyl groups excluding tert-OH is 1. The summed E-state index contributed by atoms with van der Waals surface area (Å²) in [6.07, 6.45) is 10.7. The average Bonchev–Trinajstić information content (AvgIpc) is 3.03. The van der Waals surface area contributed by atoms with Gasteiger partial charge in [-0.1, -0.05) is 19.3 Å². The molecular formula is C18H23N3O2. The van der Waals surface area contributed by atoms with Crippen LogP contribution in [-0.2, 0) is 0 Å². The minimum absolute atomic E-state index is 0.0625. The van der Waals surface area contributed by atoms with Gasteiger partial charge in [0.15, 0.2) is 0 Å². The van der Waals surface area contributed by atoms with Crippen molar-refractivity contribution in [3.05, 3.63) is 48.5 Å². The van der Waals surface area contributed by atoms with Crippen LogP contribution in [0.15, 0.2) is 43.0 Å². The Bertz CT molecular complexity index is 622. The zero-order valence-corrected chi connectivity index (χ0v) is 13.2. The lowest BCUT2D eigenvalue weighted by Gasteiger charge is -2.24. The van der Waals surface area contributed by atoms with Gasteiger partial charge in [-0.05, 0) is 37.1 Å². The first kappa shape index (κ1) is 15.7. The van der Waals surface area contributed by atoms with Gasteiger partial charge in [0.1, 0.15) is 0 Å². The highest BCUT2D eigenvalue weighted by molar-refractivity contribution is 5.94. The zero-order chi connectivity index (χ0) is 16.1. The molecular weight excluding hydrogens is 290 g/mol. The SMILES string of the molecule is O=C(NC1CCCCCC1CO)c1ccc(-n2ccnc2)cc1. The number of rotatable bonds is 4. The number of imidazole rings is 1. The van der Waals surface area contributed by atoms with E-state index in [1.54, 1.807) is 12.5 Å². The number of aliphatic hydroxyl groups is 1. The van der Waals surface area contributed by atoms with Gasteiger partial charge < -0.3 is 15.0 Å². The van der Waals surface area contributed by atoms with Crippen molar-refractivity contribution in [1.82, 2.24) is 14.9 Å². The highest BCUT2D eigenvalue weighted by atomic mass is 16.3. The molecule has 0 radical (unpaired) electrons. The van der Waals surface area contributed by atoms with E-state index >= 15 is 0 Å². The monoisotopic (exact) mass is 313 g/mol. The molecule has 0 spiro atoms. The van der Waals surface area contributed by atoms with Crippen molar-refractivity contribution in [3.8, 4) is 5.69 Å². The molecule has 1 aliphatic carbocycles. The Balaban J connectivity index is 1.67. The molecule has 23 heavy (non-hydrogen) atoms. The fraction of sp³-hybridized carbons (Fsp3) is 0.444. The highest BCUT2D eigenvalue weighted by Crippen LogP contribution is 2.23. The predicted molar refractivity (Wildman–Crippen MR) is 88.5 cm³/mol. The third-order valence-corrected chi connectivity index (χ3v) is 4.64. The van der Waals surface area contributed by atoms with Crippen LogP contribution in [0.25, 0.3) is 5.69 Å². The maximum absolute atomic E-state index is 12.5. The maximum Gasteiger partial charge on any atom is 0.251 e.